The van der Waals surface area contributed by atoms with Crippen molar-refractivity contribution >= 4 is 28.6 Å². The number of nitrogens with two attached hydrogens (primary N) is 1. The molecule has 1 unspecified atom stereocenters. The van der Waals surface area contributed by atoms with Crippen molar-refractivity contribution in [1.29, 1.82) is 5.41 Å². The summed E-state index contributed by atoms with van der Waals surface area (Å²) in [6.07, 6.45) is 6.32. The maximum absolute atomic E-state index is 7.11. The number of unbranched alkanes of at least 4 members (excludes halogenated alkanes) is 1. The molecule has 0 spiro atoms. The highest BCUT2D eigenvalue weighted by atomic mass is 127. The van der Waals surface area contributed by atoms with Crippen LogP contribution >= 0.6 is 22.6 Å². The van der Waals surface area contributed by atoms with Gasteiger partial charge in [0.2, 0.25) is 0 Å². The fourth-order valence-electron chi connectivity index (χ4n) is 1.46. The van der Waals surface area contributed by atoms with Gasteiger partial charge < -0.3 is 11.1 Å². The molecule has 1 atom stereocenters. The number of guanidine groups is 1. The molecule has 0 saturated carbocycles. The quantitative estimate of drug-likeness (QED) is 0.279. The van der Waals surface area contributed by atoms with Crippen LogP contribution in [0, 0.1) is 11.3 Å². The molecule has 3 nitrogen and oxygen atoms in total. The molecule has 0 aliphatic rings. The summed E-state index contributed by atoms with van der Waals surface area (Å²) in [5.74, 6) is 0.787. The lowest BCUT2D eigenvalue weighted by atomic mass is 9.97. The first kappa shape index (κ1) is 14.0. The van der Waals surface area contributed by atoms with Gasteiger partial charge in [-0.25, -0.2) is 0 Å². The molecule has 4 N–H and O–H groups in total. The molecule has 0 heterocycles. The average molecular weight is 311 g/mol. The van der Waals surface area contributed by atoms with Crippen molar-refractivity contribution in [2.75, 3.05) is 11.0 Å². The monoisotopic (exact) mass is 311 g/mol. The van der Waals surface area contributed by atoms with Gasteiger partial charge in [0, 0.05) is 6.54 Å². The second-order valence-corrected chi connectivity index (χ2v) is 4.71. The molecule has 0 amide bonds. The van der Waals surface area contributed by atoms with Crippen LogP contribution in [0.4, 0.5) is 0 Å². The van der Waals surface area contributed by atoms with Gasteiger partial charge in [0.05, 0.1) is 0 Å². The summed E-state index contributed by atoms with van der Waals surface area (Å²) in [6, 6.07) is 0. The Labute approximate surface area is 101 Å². The zero-order valence-corrected chi connectivity index (χ0v) is 11.1. The molecule has 0 aromatic heterocycles. The van der Waals surface area contributed by atoms with Crippen LogP contribution in [0.5, 0.6) is 0 Å². The molecule has 4 heteroatoms. The second-order valence-electron chi connectivity index (χ2n) is 3.63. The van der Waals surface area contributed by atoms with Crippen LogP contribution in [-0.2, 0) is 0 Å². The van der Waals surface area contributed by atoms with E-state index in [1.165, 1.54) is 36.5 Å². The molecule has 0 aromatic carbocycles. The third-order valence-corrected chi connectivity index (χ3v) is 3.06. The van der Waals surface area contributed by atoms with Crippen molar-refractivity contribution in [1.82, 2.24) is 5.32 Å². The van der Waals surface area contributed by atoms with Gasteiger partial charge in [-0.05, 0) is 29.6 Å². The molecule has 0 aromatic rings. The highest BCUT2D eigenvalue weighted by molar-refractivity contribution is 14.1. The van der Waals surface area contributed by atoms with E-state index >= 15 is 0 Å². The predicted molar refractivity (Wildman–Crippen MR) is 71.1 cm³/mol. The van der Waals surface area contributed by atoms with E-state index in [9.17, 15) is 0 Å². The lowest BCUT2D eigenvalue weighted by molar-refractivity contribution is 0.426. The Bertz CT molecular complexity index is 142. The Morgan fingerprint density at radius 2 is 2.07 bits per heavy atom. The molecule has 14 heavy (non-hydrogen) atoms. The molecular formula is C10H22IN3. The van der Waals surface area contributed by atoms with E-state index in [0.29, 0.717) is 5.92 Å². The van der Waals surface area contributed by atoms with Crippen molar-refractivity contribution in [3.05, 3.63) is 0 Å². The van der Waals surface area contributed by atoms with Gasteiger partial charge in [-0.15, -0.1) is 0 Å². The van der Waals surface area contributed by atoms with Crippen molar-refractivity contribution in [2.45, 2.75) is 39.0 Å². The normalized spacial score (nSPS) is 12.4. The fraction of sp³-hybridized carbons (Fsp3) is 0.900. The van der Waals surface area contributed by atoms with E-state index < -0.39 is 0 Å². The summed E-state index contributed by atoms with van der Waals surface area (Å²) >= 11 is 2.41. The Morgan fingerprint density at radius 1 is 1.43 bits per heavy atom. The zero-order valence-electron chi connectivity index (χ0n) is 8.98. The summed E-state index contributed by atoms with van der Waals surface area (Å²) in [5.41, 5.74) is 5.27. The van der Waals surface area contributed by atoms with Crippen molar-refractivity contribution in [3.63, 3.8) is 0 Å². The SMILES string of the molecule is CCCCC(CCCI)CNC(=N)N. The smallest absolute Gasteiger partial charge is 0.185 e. The van der Waals surface area contributed by atoms with Crippen LogP contribution in [0.2, 0.25) is 0 Å². The van der Waals surface area contributed by atoms with Crippen molar-refractivity contribution in [2.24, 2.45) is 11.7 Å². The van der Waals surface area contributed by atoms with Gasteiger partial charge in [0.15, 0.2) is 5.96 Å². The highest BCUT2D eigenvalue weighted by Gasteiger charge is 2.07. The average Bonchev–Trinajstić information content (AvgIpc) is 2.16. The Hall–Kier alpha value is 0. The first-order valence-corrected chi connectivity index (χ1v) is 6.87. The van der Waals surface area contributed by atoms with E-state index in [1.54, 1.807) is 0 Å². The Morgan fingerprint density at radius 3 is 2.57 bits per heavy atom. The van der Waals surface area contributed by atoms with E-state index in [2.05, 4.69) is 34.8 Å². The van der Waals surface area contributed by atoms with E-state index in [4.69, 9.17) is 11.1 Å². The summed E-state index contributed by atoms with van der Waals surface area (Å²) in [7, 11) is 0. The second kappa shape index (κ2) is 9.55. The lowest BCUT2D eigenvalue weighted by Crippen LogP contribution is -2.34. The number of rotatable bonds is 8. The molecule has 84 valence electrons. The Balaban J connectivity index is 3.65. The maximum Gasteiger partial charge on any atom is 0.185 e. The lowest BCUT2D eigenvalue weighted by Gasteiger charge is -2.16. The fourth-order valence-corrected chi connectivity index (χ4v) is 1.90. The summed E-state index contributed by atoms with van der Waals surface area (Å²) in [5, 5.41) is 10.0. The van der Waals surface area contributed by atoms with Crippen molar-refractivity contribution < 1.29 is 0 Å². The number of alkyl halides is 1. The largest absolute Gasteiger partial charge is 0.370 e. The number of halogens is 1. The molecular weight excluding hydrogens is 289 g/mol. The topological polar surface area (TPSA) is 61.9 Å². The molecule has 0 aliphatic carbocycles. The molecule has 0 aliphatic heterocycles. The van der Waals surface area contributed by atoms with Crippen LogP contribution < -0.4 is 11.1 Å². The van der Waals surface area contributed by atoms with E-state index in [0.717, 1.165) is 6.54 Å². The number of hydrogen-bond donors (Lipinski definition) is 3. The summed E-state index contributed by atoms with van der Waals surface area (Å²) in [4.78, 5) is 0. The minimum Gasteiger partial charge on any atom is -0.370 e. The first-order valence-electron chi connectivity index (χ1n) is 5.34. The van der Waals surface area contributed by atoms with Crippen LogP contribution in [0.1, 0.15) is 39.0 Å². The number of nitrogens with one attached hydrogen (secondary N) is 2. The summed E-state index contributed by atoms with van der Waals surface area (Å²) < 4.78 is 1.22. The third-order valence-electron chi connectivity index (χ3n) is 2.29. The highest BCUT2D eigenvalue weighted by Crippen LogP contribution is 2.14. The number of hydrogen-bond acceptors (Lipinski definition) is 1. The van der Waals surface area contributed by atoms with Gasteiger partial charge in [-0.3, -0.25) is 5.41 Å². The van der Waals surface area contributed by atoms with Crippen LogP contribution in [0.3, 0.4) is 0 Å². The molecule has 0 bridgehead atoms. The van der Waals surface area contributed by atoms with Crippen LogP contribution in [0.15, 0.2) is 0 Å². The minimum absolute atomic E-state index is 0.0981. The van der Waals surface area contributed by atoms with Crippen molar-refractivity contribution in [3.8, 4) is 0 Å². The molecule has 0 rings (SSSR count). The van der Waals surface area contributed by atoms with Crippen LogP contribution in [-0.4, -0.2) is 16.9 Å². The van der Waals surface area contributed by atoms with E-state index in [1.807, 2.05) is 0 Å². The standard InChI is InChI=1S/C10H22IN3/c1-2-3-5-9(6-4-7-11)8-14-10(12)13/h9H,2-8H2,1H3,(H4,12,13,14). The van der Waals surface area contributed by atoms with Gasteiger partial charge in [-0.2, -0.15) is 0 Å². The van der Waals surface area contributed by atoms with E-state index in [-0.39, 0.29) is 5.96 Å². The summed E-state index contributed by atoms with van der Waals surface area (Å²) in [6.45, 7) is 3.08. The first-order chi connectivity index (χ1) is 6.70. The molecule has 0 radical (unpaired) electrons. The minimum atomic E-state index is 0.0981. The maximum atomic E-state index is 7.11. The van der Waals surface area contributed by atoms with Gasteiger partial charge >= 0.3 is 0 Å². The predicted octanol–water partition coefficient (Wildman–Crippen LogP) is 2.49. The van der Waals surface area contributed by atoms with Gasteiger partial charge in [-0.1, -0.05) is 42.4 Å². The zero-order chi connectivity index (χ0) is 10.8. The van der Waals surface area contributed by atoms with Gasteiger partial charge in [0.1, 0.15) is 0 Å². The Kier molecular flexibility index (Phi) is 9.55. The van der Waals surface area contributed by atoms with Crippen LogP contribution in [0.25, 0.3) is 0 Å². The molecule has 0 saturated heterocycles. The molecule has 0 fully saturated rings. The third kappa shape index (κ3) is 8.59. The van der Waals surface area contributed by atoms with Gasteiger partial charge in [0.25, 0.3) is 0 Å².